The van der Waals surface area contributed by atoms with Crippen LogP contribution in [-0.2, 0) is 6.42 Å². The maximum Gasteiger partial charge on any atom is 0.0546 e. The molecule has 0 bridgehead atoms. The summed E-state index contributed by atoms with van der Waals surface area (Å²) in [6.07, 6.45) is 9.41. The van der Waals surface area contributed by atoms with Crippen LogP contribution in [0.4, 0.5) is 17.1 Å². The third kappa shape index (κ3) is 6.33. The summed E-state index contributed by atoms with van der Waals surface area (Å²) in [6, 6.07) is 73.0. The average Bonchev–Trinajstić information content (AvgIpc) is 3.29. The molecule has 0 unspecified atom stereocenters. The molecule has 1 aliphatic rings. The van der Waals surface area contributed by atoms with Gasteiger partial charge in [-0.2, -0.15) is 0 Å². The molecule has 0 saturated carbocycles. The summed E-state index contributed by atoms with van der Waals surface area (Å²) in [5, 5.41) is 4.84. The van der Waals surface area contributed by atoms with Crippen LogP contribution in [0.15, 0.2) is 231 Å². The molecule has 1 aliphatic carbocycles. The van der Waals surface area contributed by atoms with E-state index in [1.165, 1.54) is 71.6 Å². The number of anilines is 3. The van der Waals surface area contributed by atoms with Gasteiger partial charge in [-0.1, -0.05) is 207 Å². The van der Waals surface area contributed by atoms with Crippen LogP contribution in [0.1, 0.15) is 11.1 Å². The van der Waals surface area contributed by atoms with Gasteiger partial charge in [0.2, 0.25) is 0 Å². The van der Waals surface area contributed by atoms with Gasteiger partial charge in [-0.3, -0.25) is 0 Å². The Morgan fingerprint density at radius 2 is 0.879 bits per heavy atom. The minimum Gasteiger partial charge on any atom is -0.309 e. The molecule has 9 aromatic carbocycles. The van der Waals surface area contributed by atoms with Crippen molar-refractivity contribution in [1.29, 1.82) is 0 Å². The predicted molar refractivity (Wildman–Crippen MR) is 249 cm³/mol. The Morgan fingerprint density at radius 3 is 1.47 bits per heavy atom. The summed E-state index contributed by atoms with van der Waals surface area (Å²) < 4.78 is 0. The fraction of sp³-hybridized carbons (Fsp3) is 0.0175. The van der Waals surface area contributed by atoms with E-state index in [4.69, 9.17) is 0 Å². The lowest BCUT2D eigenvalue weighted by molar-refractivity contribution is 1.24. The quantitative estimate of drug-likeness (QED) is 0.170. The number of hydrogen-bond acceptors (Lipinski definition) is 1. The first-order valence-electron chi connectivity index (χ1n) is 20.0. The smallest absolute Gasteiger partial charge is 0.0546 e. The number of hydrogen-bond donors (Lipinski definition) is 0. The van der Waals surface area contributed by atoms with Crippen LogP contribution in [0.25, 0.3) is 71.6 Å². The monoisotopic (exact) mass is 739 g/mol. The van der Waals surface area contributed by atoms with Crippen molar-refractivity contribution < 1.29 is 0 Å². The summed E-state index contributed by atoms with van der Waals surface area (Å²) >= 11 is 0. The van der Waals surface area contributed by atoms with Crippen molar-refractivity contribution >= 4 is 44.2 Å². The molecule has 0 radical (unpaired) electrons. The SMILES string of the molecule is C=C1/C=C\C=C/Cc2ccc(N(c3ccc4ccccc4c3-c3ccccc3)c3ccc4ccccc4c3-c3ccccc3)cc2-c2ccccc2-c2ccccc21. The van der Waals surface area contributed by atoms with Gasteiger partial charge in [0, 0.05) is 16.8 Å². The van der Waals surface area contributed by atoms with Gasteiger partial charge >= 0.3 is 0 Å². The topological polar surface area (TPSA) is 3.24 Å². The third-order valence-electron chi connectivity index (χ3n) is 11.4. The molecule has 0 spiro atoms. The summed E-state index contributed by atoms with van der Waals surface area (Å²) in [7, 11) is 0. The van der Waals surface area contributed by atoms with Crippen molar-refractivity contribution in [2.45, 2.75) is 6.42 Å². The first kappa shape index (κ1) is 35.0. The van der Waals surface area contributed by atoms with Crippen molar-refractivity contribution in [3.63, 3.8) is 0 Å². The Morgan fingerprint density at radius 1 is 0.397 bits per heavy atom. The number of rotatable bonds is 5. The normalized spacial score (nSPS) is 13.4. The van der Waals surface area contributed by atoms with E-state index in [0.717, 1.165) is 34.6 Å². The number of fused-ring (bicyclic) bond motifs is 7. The van der Waals surface area contributed by atoms with E-state index in [1.807, 2.05) is 0 Å². The van der Waals surface area contributed by atoms with Crippen LogP contribution in [0.2, 0.25) is 0 Å². The highest BCUT2D eigenvalue weighted by Crippen LogP contribution is 2.50. The van der Waals surface area contributed by atoms with Crippen molar-refractivity contribution in [2.75, 3.05) is 4.90 Å². The highest BCUT2D eigenvalue weighted by molar-refractivity contribution is 6.10. The van der Waals surface area contributed by atoms with Crippen LogP contribution in [0.5, 0.6) is 0 Å². The second-order valence-corrected chi connectivity index (χ2v) is 14.9. The van der Waals surface area contributed by atoms with Gasteiger partial charge in [-0.25, -0.2) is 0 Å². The van der Waals surface area contributed by atoms with Gasteiger partial charge in [0.1, 0.15) is 0 Å². The van der Waals surface area contributed by atoms with Gasteiger partial charge in [0.15, 0.2) is 0 Å². The Labute approximate surface area is 340 Å². The van der Waals surface area contributed by atoms with Crippen molar-refractivity contribution in [3.8, 4) is 44.5 Å². The zero-order valence-corrected chi connectivity index (χ0v) is 32.2. The molecule has 0 heterocycles. The fourth-order valence-electron chi connectivity index (χ4n) is 8.74. The lowest BCUT2D eigenvalue weighted by atomic mass is 9.86. The number of nitrogens with zero attached hydrogens (tertiary/aromatic N) is 1. The van der Waals surface area contributed by atoms with Gasteiger partial charge < -0.3 is 4.90 Å². The Hall–Kier alpha value is -7.48. The molecule has 0 N–H and O–H groups in total. The van der Waals surface area contributed by atoms with Crippen LogP contribution < -0.4 is 4.90 Å². The average molecular weight is 740 g/mol. The molecule has 1 heteroatoms. The summed E-state index contributed by atoms with van der Waals surface area (Å²) in [4.78, 5) is 2.51. The van der Waals surface area contributed by atoms with Gasteiger partial charge in [0.25, 0.3) is 0 Å². The molecular weight excluding hydrogens is 699 g/mol. The zero-order chi connectivity index (χ0) is 38.8. The van der Waals surface area contributed by atoms with Crippen molar-refractivity contribution in [2.24, 2.45) is 0 Å². The number of allylic oxidation sites excluding steroid dienone is 5. The molecule has 58 heavy (non-hydrogen) atoms. The van der Waals surface area contributed by atoms with Crippen molar-refractivity contribution in [1.82, 2.24) is 0 Å². The Kier molecular flexibility index (Phi) is 9.18. The van der Waals surface area contributed by atoms with E-state index in [2.05, 4.69) is 236 Å². The van der Waals surface area contributed by atoms with Crippen LogP contribution in [-0.4, -0.2) is 0 Å². The molecule has 0 fully saturated rings. The molecular formula is C57H41N. The largest absolute Gasteiger partial charge is 0.309 e. The van der Waals surface area contributed by atoms with Crippen LogP contribution in [0.3, 0.4) is 0 Å². The maximum absolute atomic E-state index is 4.49. The second kappa shape index (κ2) is 15.2. The lowest BCUT2D eigenvalue weighted by Crippen LogP contribution is -2.13. The minimum absolute atomic E-state index is 0.791. The van der Waals surface area contributed by atoms with E-state index in [0.29, 0.717) is 0 Å². The fourth-order valence-corrected chi connectivity index (χ4v) is 8.74. The Bertz CT molecular complexity index is 2920. The van der Waals surface area contributed by atoms with Gasteiger partial charge in [-0.15, -0.1) is 0 Å². The van der Waals surface area contributed by atoms with E-state index in [1.54, 1.807) is 0 Å². The highest BCUT2D eigenvalue weighted by Gasteiger charge is 2.25. The standard InChI is InChI=1S/C57H41N/c1-40-19-5-2-6-20-43-33-36-46(39-53(43)52-32-18-17-31-51(52)50-30-16-15-27-47(40)50)58(54-37-34-41-21-11-13-28-48(41)56(54)44-23-7-3-8-24-44)55-38-35-42-22-12-14-29-49(42)57(55)45-25-9-4-10-26-45/h2-19,21-39H,1,20H2/b6-2-,19-5-. The summed E-state index contributed by atoms with van der Waals surface area (Å²) in [6.45, 7) is 4.49. The predicted octanol–water partition coefficient (Wildman–Crippen LogP) is 15.8. The summed E-state index contributed by atoms with van der Waals surface area (Å²) in [5.41, 5.74) is 16.2. The zero-order valence-electron chi connectivity index (χ0n) is 32.2. The van der Waals surface area contributed by atoms with E-state index in [9.17, 15) is 0 Å². The molecule has 0 aromatic heterocycles. The van der Waals surface area contributed by atoms with Crippen LogP contribution >= 0.6 is 0 Å². The minimum atomic E-state index is 0.791. The number of benzene rings is 9. The van der Waals surface area contributed by atoms with E-state index >= 15 is 0 Å². The summed E-state index contributed by atoms with van der Waals surface area (Å²) in [5.74, 6) is 0. The Balaban J connectivity index is 1.31. The molecule has 10 rings (SSSR count). The van der Waals surface area contributed by atoms with Crippen molar-refractivity contribution in [3.05, 3.63) is 242 Å². The molecule has 274 valence electrons. The molecule has 1 nitrogen and oxygen atoms in total. The highest BCUT2D eigenvalue weighted by atomic mass is 15.1. The molecule has 0 amide bonds. The molecule has 0 atom stereocenters. The first-order valence-corrected chi connectivity index (χ1v) is 20.0. The van der Waals surface area contributed by atoms with E-state index in [-0.39, 0.29) is 0 Å². The van der Waals surface area contributed by atoms with Gasteiger partial charge in [0.05, 0.1) is 11.4 Å². The molecule has 9 aromatic rings. The third-order valence-corrected chi connectivity index (χ3v) is 11.4. The second-order valence-electron chi connectivity index (χ2n) is 14.9. The lowest BCUT2D eigenvalue weighted by Gasteiger charge is -2.32. The molecule has 0 saturated heterocycles. The first-order chi connectivity index (χ1) is 28.7. The maximum atomic E-state index is 4.49. The van der Waals surface area contributed by atoms with Gasteiger partial charge in [-0.05, 0) is 102 Å². The van der Waals surface area contributed by atoms with E-state index < -0.39 is 0 Å². The van der Waals surface area contributed by atoms with Crippen LogP contribution in [0, 0.1) is 0 Å². The molecule has 0 aliphatic heterocycles.